The van der Waals surface area contributed by atoms with E-state index < -0.39 is 9.84 Å². The lowest BCUT2D eigenvalue weighted by atomic mass is 10.1. The maximum Gasteiger partial charge on any atom is 0.264 e. The van der Waals surface area contributed by atoms with Gasteiger partial charge in [-0.3, -0.25) is 9.69 Å². The van der Waals surface area contributed by atoms with Crippen LogP contribution in [0.3, 0.4) is 0 Å². The van der Waals surface area contributed by atoms with E-state index in [2.05, 4.69) is 17.0 Å². The normalized spacial score (nSPS) is 24.0. The summed E-state index contributed by atoms with van der Waals surface area (Å²) in [6, 6.07) is 8.26. The lowest BCUT2D eigenvalue weighted by molar-refractivity contribution is 0.0592. The molecule has 1 amide bonds. The van der Waals surface area contributed by atoms with Crippen LogP contribution in [0.15, 0.2) is 24.3 Å². The van der Waals surface area contributed by atoms with Crippen molar-refractivity contribution in [3.05, 3.63) is 34.7 Å². The van der Waals surface area contributed by atoms with E-state index in [4.69, 9.17) is 0 Å². The van der Waals surface area contributed by atoms with Crippen molar-refractivity contribution in [1.29, 1.82) is 0 Å². The van der Waals surface area contributed by atoms with Crippen molar-refractivity contribution in [2.75, 3.05) is 37.7 Å². The summed E-state index contributed by atoms with van der Waals surface area (Å²) in [4.78, 5) is 17.9. The fraction of sp³-hybridized carbons (Fsp3) is 0.500. The minimum atomic E-state index is -2.86. The molecule has 0 bridgehead atoms. The number of nitrogens with zero attached hydrogens (tertiary/aromatic N) is 2. The van der Waals surface area contributed by atoms with Gasteiger partial charge in [0.05, 0.1) is 16.4 Å². The molecule has 7 heteroatoms. The molecule has 0 saturated carbocycles. The lowest BCUT2D eigenvalue weighted by Crippen LogP contribution is -2.52. The zero-order chi connectivity index (χ0) is 17.6. The highest BCUT2D eigenvalue weighted by Gasteiger charge is 2.34. The minimum Gasteiger partial charge on any atom is -0.335 e. The van der Waals surface area contributed by atoms with Gasteiger partial charge in [0.1, 0.15) is 0 Å². The molecule has 0 radical (unpaired) electrons. The molecule has 1 atom stereocenters. The second-order valence-corrected chi connectivity index (χ2v) is 10.2. The van der Waals surface area contributed by atoms with Gasteiger partial charge in [-0.25, -0.2) is 8.42 Å². The maximum absolute atomic E-state index is 12.9. The first kappa shape index (κ1) is 17.0. The molecule has 2 fully saturated rings. The number of carbonyl (C=O) groups excluding carboxylic acids is 1. The van der Waals surface area contributed by atoms with Crippen LogP contribution in [0.5, 0.6) is 0 Å². The minimum absolute atomic E-state index is 0.109. The van der Waals surface area contributed by atoms with E-state index in [1.807, 2.05) is 24.0 Å². The Bertz CT molecular complexity index is 912. The number of amides is 1. The molecular formula is C18H22N2O3S2. The largest absolute Gasteiger partial charge is 0.335 e. The monoisotopic (exact) mass is 378 g/mol. The highest BCUT2D eigenvalue weighted by molar-refractivity contribution is 7.91. The van der Waals surface area contributed by atoms with Gasteiger partial charge in [-0.2, -0.15) is 0 Å². The number of carbonyl (C=O) groups is 1. The third kappa shape index (κ3) is 3.20. The standard InChI is InChI=1S/C18H22N2O3S2/c1-13-15-4-2-3-5-16(15)24-17(13)18(21)20-9-7-19(8-10-20)14-6-11-25(22,23)12-14/h2-5,14H,6-12H2,1H3/t14-/m0/s1. The third-order valence-corrected chi connectivity index (χ3v) is 8.38. The van der Waals surface area contributed by atoms with Crippen LogP contribution < -0.4 is 0 Å². The number of rotatable bonds is 2. The second kappa shape index (κ2) is 6.37. The summed E-state index contributed by atoms with van der Waals surface area (Å²) in [6.07, 6.45) is 0.728. The molecule has 0 N–H and O–H groups in total. The number of thiophene rings is 1. The predicted octanol–water partition coefficient (Wildman–Crippen LogP) is 2.15. The van der Waals surface area contributed by atoms with Gasteiger partial charge in [-0.05, 0) is 30.4 Å². The average molecular weight is 379 g/mol. The quantitative estimate of drug-likeness (QED) is 0.804. The summed E-state index contributed by atoms with van der Waals surface area (Å²) in [5.74, 6) is 0.686. The van der Waals surface area contributed by atoms with Crippen molar-refractivity contribution in [1.82, 2.24) is 9.80 Å². The first-order chi connectivity index (χ1) is 11.9. The van der Waals surface area contributed by atoms with Gasteiger partial charge >= 0.3 is 0 Å². The fourth-order valence-electron chi connectivity index (χ4n) is 3.88. The lowest BCUT2D eigenvalue weighted by Gasteiger charge is -2.37. The first-order valence-electron chi connectivity index (χ1n) is 8.66. The molecule has 5 nitrogen and oxygen atoms in total. The van der Waals surface area contributed by atoms with Gasteiger partial charge in [-0.15, -0.1) is 11.3 Å². The third-order valence-electron chi connectivity index (χ3n) is 5.36. The first-order valence-corrected chi connectivity index (χ1v) is 11.3. The van der Waals surface area contributed by atoms with E-state index >= 15 is 0 Å². The van der Waals surface area contributed by atoms with Crippen molar-refractivity contribution < 1.29 is 13.2 Å². The Kier molecular flexibility index (Phi) is 4.33. The molecule has 0 aliphatic carbocycles. The molecule has 2 saturated heterocycles. The van der Waals surface area contributed by atoms with Gasteiger partial charge in [0, 0.05) is 36.9 Å². The number of fused-ring (bicyclic) bond motifs is 1. The predicted molar refractivity (Wildman–Crippen MR) is 101 cm³/mol. The van der Waals surface area contributed by atoms with Gasteiger partial charge in [-0.1, -0.05) is 18.2 Å². The van der Waals surface area contributed by atoms with E-state index in [9.17, 15) is 13.2 Å². The van der Waals surface area contributed by atoms with E-state index in [1.54, 1.807) is 11.3 Å². The number of piperazine rings is 1. The van der Waals surface area contributed by atoms with Crippen molar-refractivity contribution in [3.8, 4) is 0 Å². The van der Waals surface area contributed by atoms with Crippen LogP contribution in [0.25, 0.3) is 10.1 Å². The van der Waals surface area contributed by atoms with Gasteiger partial charge < -0.3 is 4.90 Å². The Labute approximate surface area is 152 Å². The zero-order valence-corrected chi connectivity index (χ0v) is 15.9. The molecule has 1 aromatic heterocycles. The molecule has 2 aromatic rings. The van der Waals surface area contributed by atoms with Crippen molar-refractivity contribution in [3.63, 3.8) is 0 Å². The van der Waals surface area contributed by atoms with Crippen LogP contribution in [-0.4, -0.2) is 67.9 Å². The summed E-state index contributed by atoms with van der Waals surface area (Å²) in [6.45, 7) is 4.88. The Morgan fingerprint density at radius 2 is 1.88 bits per heavy atom. The highest BCUT2D eigenvalue weighted by Crippen LogP contribution is 2.31. The molecule has 2 aliphatic rings. The van der Waals surface area contributed by atoms with E-state index in [0.717, 1.165) is 40.0 Å². The zero-order valence-electron chi connectivity index (χ0n) is 14.3. The van der Waals surface area contributed by atoms with E-state index in [-0.39, 0.29) is 17.7 Å². The van der Waals surface area contributed by atoms with E-state index in [0.29, 0.717) is 18.8 Å². The molecule has 134 valence electrons. The van der Waals surface area contributed by atoms with Crippen LogP contribution in [-0.2, 0) is 9.84 Å². The molecule has 2 aliphatic heterocycles. The van der Waals surface area contributed by atoms with Crippen LogP contribution in [0.1, 0.15) is 21.7 Å². The topological polar surface area (TPSA) is 57.7 Å². The average Bonchev–Trinajstić information content (AvgIpc) is 3.15. The molecule has 25 heavy (non-hydrogen) atoms. The molecule has 4 rings (SSSR count). The summed E-state index contributed by atoms with van der Waals surface area (Å²) in [5, 5.41) is 1.16. The van der Waals surface area contributed by atoms with Gasteiger partial charge in [0.2, 0.25) is 0 Å². The molecule has 0 spiro atoms. The maximum atomic E-state index is 12.9. The number of hydrogen-bond donors (Lipinski definition) is 0. The van der Waals surface area contributed by atoms with Crippen molar-refractivity contribution in [2.24, 2.45) is 0 Å². The number of sulfone groups is 1. The van der Waals surface area contributed by atoms with Crippen LogP contribution in [0.2, 0.25) is 0 Å². The van der Waals surface area contributed by atoms with E-state index in [1.165, 1.54) is 0 Å². The molecule has 0 unspecified atom stereocenters. The number of benzene rings is 1. The summed E-state index contributed by atoms with van der Waals surface area (Å²) in [7, 11) is -2.86. The smallest absolute Gasteiger partial charge is 0.264 e. The van der Waals surface area contributed by atoms with Gasteiger partial charge in [0.25, 0.3) is 5.91 Å². The molecule has 1 aromatic carbocycles. The Hall–Kier alpha value is -1.44. The number of hydrogen-bond acceptors (Lipinski definition) is 5. The van der Waals surface area contributed by atoms with Crippen LogP contribution in [0, 0.1) is 6.92 Å². The molecule has 3 heterocycles. The number of aryl methyl sites for hydroxylation is 1. The van der Waals surface area contributed by atoms with Crippen LogP contribution in [0.4, 0.5) is 0 Å². The second-order valence-electron chi connectivity index (χ2n) is 6.94. The van der Waals surface area contributed by atoms with Gasteiger partial charge in [0.15, 0.2) is 9.84 Å². The summed E-state index contributed by atoms with van der Waals surface area (Å²) in [5.41, 5.74) is 1.06. The Morgan fingerprint density at radius 3 is 2.52 bits per heavy atom. The fourth-order valence-corrected chi connectivity index (χ4v) is 6.81. The summed E-state index contributed by atoms with van der Waals surface area (Å²) < 4.78 is 24.5. The van der Waals surface area contributed by atoms with Crippen LogP contribution >= 0.6 is 11.3 Å². The van der Waals surface area contributed by atoms with Crippen molar-refractivity contribution >= 4 is 37.2 Å². The SMILES string of the molecule is Cc1c(C(=O)N2CCN([C@H]3CCS(=O)(=O)C3)CC2)sc2ccccc12. The molecular weight excluding hydrogens is 356 g/mol. The Balaban J connectivity index is 1.45. The summed E-state index contributed by atoms with van der Waals surface area (Å²) >= 11 is 1.57. The van der Waals surface area contributed by atoms with Crippen molar-refractivity contribution in [2.45, 2.75) is 19.4 Å². The Morgan fingerprint density at radius 1 is 1.16 bits per heavy atom. The highest BCUT2D eigenvalue weighted by atomic mass is 32.2.